The number of ether oxygens (including phenoxy) is 2. The van der Waals surface area contributed by atoms with E-state index < -0.39 is 13.0 Å². The van der Waals surface area contributed by atoms with E-state index in [4.69, 9.17) is 9.76 Å². The fourth-order valence-corrected chi connectivity index (χ4v) is 1.08. The second-order valence-electron chi connectivity index (χ2n) is 3.26. The predicted octanol–water partition coefficient (Wildman–Crippen LogP) is 0.0862. The van der Waals surface area contributed by atoms with Crippen LogP contribution in [0.3, 0.4) is 0 Å². The zero-order valence-electron chi connectivity index (χ0n) is 14.9. The Morgan fingerprint density at radius 2 is 1.62 bits per heavy atom. The molecule has 119 valence electrons. The van der Waals surface area contributed by atoms with Crippen LogP contribution in [0.2, 0.25) is 6.82 Å². The van der Waals surface area contributed by atoms with Crippen LogP contribution < -0.4 is 9.96 Å². The van der Waals surface area contributed by atoms with Gasteiger partial charge in [-0.2, -0.15) is 0 Å². The van der Waals surface area contributed by atoms with Gasteiger partial charge in [0, 0.05) is 301 Å². The number of hydrogen-bond acceptors (Lipinski definition) is 6. The van der Waals surface area contributed by atoms with Crippen LogP contribution in [0.5, 0.6) is 5.75 Å². The molecular formula is C10H14BN2O4Y9-. The maximum absolute atomic E-state index is 11.2. The van der Waals surface area contributed by atoms with Crippen LogP contribution in [0, 0.1) is 6.54 Å². The van der Waals surface area contributed by atoms with Gasteiger partial charge in [0.05, 0.1) is 18.9 Å². The molecule has 26 heavy (non-hydrogen) atoms. The van der Waals surface area contributed by atoms with Crippen molar-refractivity contribution in [2.45, 2.75) is 6.82 Å². The Morgan fingerprint density at radius 1 is 1.12 bits per heavy atom. The standard InChI is InChI=1S/C10H14BN2O4.9Y/c1-11(15)13-3-4-17-9-5-8(6-12-7-9)10(14)16-2;;;;;;;;;/h3,5-7,13,15H,4H2,1-2H3;;;;;;;;;/q-1;;;;;;;;;. The van der Waals surface area contributed by atoms with Crippen molar-refractivity contribution in [2.75, 3.05) is 13.7 Å². The third-order valence-corrected chi connectivity index (χ3v) is 1.83. The molecule has 6 nitrogen and oxygen atoms in total. The molecule has 0 aliphatic carbocycles. The molecule has 1 heterocycles. The van der Waals surface area contributed by atoms with E-state index in [2.05, 4.69) is 14.9 Å². The van der Waals surface area contributed by atoms with Crippen molar-refractivity contribution in [3.05, 3.63) is 30.6 Å². The number of aromatic nitrogens is 1. The minimum absolute atomic E-state index is 0. The molecule has 2 N–H and O–H groups in total. The van der Waals surface area contributed by atoms with Gasteiger partial charge in [-0.25, -0.2) is 11.3 Å². The Balaban J connectivity index is -0.0000000459. The monoisotopic (exact) mass is 1040 g/mol. The Hall–Kier alpha value is 8.34. The summed E-state index contributed by atoms with van der Waals surface area (Å²) in [5.74, 6) is -0.00872. The minimum Gasteiger partial charge on any atom is -0.522 e. The van der Waals surface area contributed by atoms with Crippen molar-refractivity contribution >= 4 is 13.0 Å². The predicted molar refractivity (Wildman–Crippen MR) is 62.3 cm³/mol. The molecule has 0 atom stereocenters. The van der Waals surface area contributed by atoms with Gasteiger partial charge in [0.1, 0.15) is 5.75 Å². The van der Waals surface area contributed by atoms with Crippen molar-refractivity contribution in [3.8, 4) is 5.75 Å². The zero-order chi connectivity index (χ0) is 12.7. The Labute approximate surface area is 383 Å². The van der Waals surface area contributed by atoms with Crippen LogP contribution in [-0.4, -0.2) is 36.7 Å². The first-order valence-corrected chi connectivity index (χ1v) is 5.05. The summed E-state index contributed by atoms with van der Waals surface area (Å²) in [7, 11) is 0.675. The molecule has 0 amide bonds. The number of esters is 1. The van der Waals surface area contributed by atoms with E-state index >= 15 is 0 Å². The van der Waals surface area contributed by atoms with Gasteiger partial charge in [-0.05, 0) is 19.5 Å². The van der Waals surface area contributed by atoms with Crippen LogP contribution in [0.4, 0.5) is 0 Å². The normalized spacial score (nSPS) is 6.42. The first kappa shape index (κ1) is 59.4. The molecule has 16 heteroatoms. The van der Waals surface area contributed by atoms with E-state index in [0.29, 0.717) is 11.3 Å². The summed E-state index contributed by atoms with van der Waals surface area (Å²) in [5, 5.41) is 11.6. The quantitative estimate of drug-likeness (QED) is 0.182. The number of nitrogens with one attached hydrogen (secondary N) is 1. The van der Waals surface area contributed by atoms with E-state index in [1.165, 1.54) is 25.6 Å². The summed E-state index contributed by atoms with van der Waals surface area (Å²) >= 11 is 0. The average molecular weight is 1040 g/mol. The maximum atomic E-state index is 11.2. The number of carbonyl (C=O) groups excluding carboxylic acids is 1. The Kier molecular flexibility index (Phi) is 92.6. The number of methoxy groups -OCH3 is 1. The molecule has 9 radical (unpaired) electrons. The van der Waals surface area contributed by atoms with Crippen molar-refractivity contribution in [1.82, 2.24) is 10.2 Å². The van der Waals surface area contributed by atoms with Gasteiger partial charge >= 0.3 is 13.0 Å². The van der Waals surface area contributed by atoms with Gasteiger partial charge in [0.2, 0.25) is 0 Å². The third kappa shape index (κ3) is 32.3. The molecule has 1 aromatic heterocycles. The van der Waals surface area contributed by atoms with Crippen LogP contribution in [0.15, 0.2) is 18.5 Å². The molecule has 0 unspecified atom stereocenters. The van der Waals surface area contributed by atoms with Crippen molar-refractivity contribution in [2.24, 2.45) is 0 Å². The molecule has 0 saturated carbocycles. The van der Waals surface area contributed by atoms with E-state index in [9.17, 15) is 4.79 Å². The number of hydrogen-bond donors (Lipinski definition) is 2. The van der Waals surface area contributed by atoms with Crippen LogP contribution >= 0.6 is 0 Å². The second-order valence-corrected chi connectivity index (χ2v) is 3.26. The summed E-state index contributed by atoms with van der Waals surface area (Å²) in [6.07, 6.45) is 2.89. The van der Waals surface area contributed by atoms with Gasteiger partial charge in [0.15, 0.2) is 0 Å². The van der Waals surface area contributed by atoms with Crippen LogP contribution in [0.1, 0.15) is 10.4 Å². The topological polar surface area (TPSA) is 80.7 Å². The molecular weight excluding hydrogens is 1020 g/mol. The Bertz CT molecular complexity index is 397. The maximum Gasteiger partial charge on any atom is 0.343 e. The summed E-state index contributed by atoms with van der Waals surface area (Å²) in [4.78, 5) is 15.1. The molecule has 0 bridgehead atoms. The third-order valence-electron chi connectivity index (χ3n) is 1.83. The molecule has 0 aromatic carbocycles. The minimum atomic E-state index is -0.627. The molecule has 0 aliphatic rings. The summed E-state index contributed by atoms with van der Waals surface area (Å²) < 4.78 is 9.85. The van der Waals surface area contributed by atoms with E-state index in [-0.39, 0.29) is 301 Å². The van der Waals surface area contributed by atoms with Crippen molar-refractivity contribution in [1.29, 1.82) is 0 Å². The fourth-order valence-electron chi connectivity index (χ4n) is 1.08. The van der Waals surface area contributed by atoms with Crippen molar-refractivity contribution in [3.63, 3.8) is 0 Å². The number of nitrogens with zero attached hydrogens (tertiary/aromatic N) is 1. The SMILES string of the molecule is COC(=O)c1cncc(OC[CH-]NB(C)O)c1.[Y].[Y].[Y].[Y].[Y].[Y].[Y].[Y].[Y]. The van der Waals surface area contributed by atoms with Gasteiger partial charge < -0.3 is 19.7 Å². The summed E-state index contributed by atoms with van der Waals surface area (Å²) in [6.45, 7) is 3.41. The van der Waals surface area contributed by atoms with Gasteiger partial charge in [0.25, 0.3) is 0 Å². The first-order chi connectivity index (χ1) is 8.13. The summed E-state index contributed by atoms with van der Waals surface area (Å²) in [6, 6.07) is 1.54. The number of carbonyl (C=O) groups is 1. The molecule has 0 saturated heterocycles. The largest absolute Gasteiger partial charge is 0.522 e. The van der Waals surface area contributed by atoms with E-state index in [1.807, 2.05) is 0 Å². The number of pyridine rings is 1. The summed E-state index contributed by atoms with van der Waals surface area (Å²) in [5.41, 5.74) is 0.327. The van der Waals surface area contributed by atoms with Gasteiger partial charge in [-0.15, -0.1) is 0 Å². The molecule has 1 rings (SSSR count). The van der Waals surface area contributed by atoms with Crippen LogP contribution in [-0.2, 0) is 299 Å². The zero-order valence-corrected chi connectivity index (χ0v) is 40.5. The first-order valence-electron chi connectivity index (χ1n) is 5.05. The second kappa shape index (κ2) is 40.5. The van der Waals surface area contributed by atoms with E-state index in [0.717, 1.165) is 0 Å². The van der Waals surface area contributed by atoms with Crippen molar-refractivity contribution < 1.29 is 314 Å². The smallest absolute Gasteiger partial charge is 0.343 e. The number of rotatable bonds is 6. The molecule has 1 aromatic rings. The molecule has 0 spiro atoms. The van der Waals surface area contributed by atoms with E-state index in [1.54, 1.807) is 13.4 Å². The average Bonchev–Trinajstić information content (AvgIpc) is 2.34. The van der Waals surface area contributed by atoms with Gasteiger partial charge in [-0.3, -0.25) is 4.98 Å². The fraction of sp³-hybridized carbons (Fsp3) is 0.300. The van der Waals surface area contributed by atoms with Gasteiger partial charge in [-0.1, -0.05) is 0 Å². The Morgan fingerprint density at radius 3 is 2.04 bits per heavy atom. The molecule has 0 aliphatic heterocycles. The molecule has 0 fully saturated rings. The van der Waals surface area contributed by atoms with Crippen LogP contribution in [0.25, 0.3) is 0 Å².